The molecule has 0 amide bonds. The molecule has 0 spiro atoms. The zero-order chi connectivity index (χ0) is 7.56. The maximum Gasteiger partial charge on any atom is 0.231 e. The van der Waals surface area contributed by atoms with E-state index in [9.17, 15) is 0 Å². The van der Waals surface area contributed by atoms with E-state index in [2.05, 4.69) is 20.9 Å². The summed E-state index contributed by atoms with van der Waals surface area (Å²) in [5.74, 6) is 0.520. The van der Waals surface area contributed by atoms with Crippen LogP contribution in [-0.2, 0) is 0 Å². The third-order valence-corrected chi connectivity index (χ3v) is 1.78. The van der Waals surface area contributed by atoms with E-state index >= 15 is 0 Å². The van der Waals surface area contributed by atoms with Crippen LogP contribution in [0.1, 0.15) is 0 Å². The fraction of sp³-hybridized carbons (Fsp3) is 0.167. The molecule has 0 aliphatic rings. The average molecular weight is 204 g/mol. The van der Waals surface area contributed by atoms with E-state index in [0.29, 0.717) is 10.4 Å². The maximum atomic E-state index is 9.06. The highest BCUT2D eigenvalue weighted by Crippen LogP contribution is 2.30. The lowest BCUT2D eigenvalue weighted by atomic mass is 10.4. The number of nitrogens with zero attached hydrogens (tertiary/aromatic N) is 1. The zero-order valence-electron chi connectivity index (χ0n) is 5.34. The molecular formula is C6H6BrNO2. The maximum absolute atomic E-state index is 9.06. The molecule has 1 heterocycles. The molecule has 10 heavy (non-hydrogen) atoms. The van der Waals surface area contributed by atoms with Gasteiger partial charge in [-0.25, -0.2) is 4.98 Å². The second-order valence-corrected chi connectivity index (χ2v) is 2.45. The minimum atomic E-state index is 0.131. The van der Waals surface area contributed by atoms with Gasteiger partial charge in [-0.2, -0.15) is 0 Å². The van der Waals surface area contributed by atoms with Crippen LogP contribution in [0.5, 0.6) is 11.6 Å². The van der Waals surface area contributed by atoms with Crippen LogP contribution in [0.4, 0.5) is 0 Å². The van der Waals surface area contributed by atoms with Crippen LogP contribution in [0.2, 0.25) is 0 Å². The number of hydrogen-bond donors (Lipinski definition) is 1. The van der Waals surface area contributed by atoms with E-state index in [4.69, 9.17) is 9.84 Å². The first kappa shape index (κ1) is 7.34. The van der Waals surface area contributed by atoms with E-state index in [1.807, 2.05) is 0 Å². The molecule has 0 fully saturated rings. The molecule has 0 bridgehead atoms. The Morgan fingerprint density at radius 1 is 1.70 bits per heavy atom. The molecule has 0 aromatic carbocycles. The molecule has 54 valence electrons. The Hall–Kier alpha value is -0.770. The van der Waals surface area contributed by atoms with Crippen molar-refractivity contribution in [1.82, 2.24) is 4.98 Å². The molecule has 1 rings (SSSR count). The monoisotopic (exact) mass is 203 g/mol. The number of hydrogen-bond acceptors (Lipinski definition) is 3. The van der Waals surface area contributed by atoms with Gasteiger partial charge in [0.15, 0.2) is 0 Å². The lowest BCUT2D eigenvalue weighted by molar-refractivity contribution is 0.387. The van der Waals surface area contributed by atoms with Crippen LogP contribution >= 0.6 is 15.9 Å². The Morgan fingerprint density at radius 3 is 2.90 bits per heavy atom. The van der Waals surface area contributed by atoms with Gasteiger partial charge in [-0.05, 0) is 22.0 Å². The van der Waals surface area contributed by atoms with Crippen LogP contribution in [0, 0.1) is 0 Å². The van der Waals surface area contributed by atoms with Crippen molar-refractivity contribution in [1.29, 1.82) is 0 Å². The first-order valence-corrected chi connectivity index (χ1v) is 3.42. The van der Waals surface area contributed by atoms with E-state index in [1.54, 1.807) is 0 Å². The standard InChI is InChI=1S/C6H6BrNO2/c1-10-6-5(7)4(9)2-3-8-6/h2-3H,1H3,(H,8,9). The molecule has 0 aliphatic heterocycles. The number of halogens is 1. The van der Waals surface area contributed by atoms with E-state index < -0.39 is 0 Å². The van der Waals surface area contributed by atoms with Gasteiger partial charge in [-0.15, -0.1) is 0 Å². The van der Waals surface area contributed by atoms with Crippen LogP contribution in [-0.4, -0.2) is 17.2 Å². The van der Waals surface area contributed by atoms with Crippen molar-refractivity contribution in [3.63, 3.8) is 0 Å². The second kappa shape index (κ2) is 2.88. The summed E-state index contributed by atoms with van der Waals surface area (Å²) in [4.78, 5) is 3.83. The lowest BCUT2D eigenvalue weighted by Gasteiger charge is -2.01. The molecule has 0 aliphatic carbocycles. The SMILES string of the molecule is COc1nccc(O)c1Br. The molecule has 0 radical (unpaired) electrons. The zero-order valence-corrected chi connectivity index (χ0v) is 6.92. The van der Waals surface area contributed by atoms with Gasteiger partial charge in [0, 0.05) is 6.20 Å². The second-order valence-electron chi connectivity index (χ2n) is 1.65. The Labute approximate surface area is 66.8 Å². The smallest absolute Gasteiger partial charge is 0.231 e. The van der Waals surface area contributed by atoms with Crippen molar-refractivity contribution in [3.8, 4) is 11.6 Å². The van der Waals surface area contributed by atoms with Gasteiger partial charge in [-0.1, -0.05) is 0 Å². The van der Waals surface area contributed by atoms with Crippen molar-refractivity contribution in [2.45, 2.75) is 0 Å². The van der Waals surface area contributed by atoms with Crippen molar-refractivity contribution in [2.75, 3.05) is 7.11 Å². The van der Waals surface area contributed by atoms with Crippen LogP contribution in [0.3, 0.4) is 0 Å². The molecule has 4 heteroatoms. The molecular weight excluding hydrogens is 198 g/mol. The van der Waals surface area contributed by atoms with E-state index in [0.717, 1.165) is 0 Å². The third-order valence-electron chi connectivity index (χ3n) is 1.03. The summed E-state index contributed by atoms with van der Waals surface area (Å²) < 4.78 is 5.29. The molecule has 0 unspecified atom stereocenters. The van der Waals surface area contributed by atoms with Gasteiger partial charge in [0.2, 0.25) is 5.88 Å². The average Bonchev–Trinajstić information content (AvgIpc) is 1.95. The number of pyridine rings is 1. The largest absolute Gasteiger partial charge is 0.507 e. The van der Waals surface area contributed by atoms with Crippen LogP contribution < -0.4 is 4.74 Å². The normalized spacial score (nSPS) is 9.40. The molecule has 1 N–H and O–H groups in total. The highest BCUT2D eigenvalue weighted by molar-refractivity contribution is 9.10. The molecule has 1 aromatic rings. The van der Waals surface area contributed by atoms with Crippen molar-refractivity contribution >= 4 is 15.9 Å². The van der Waals surface area contributed by atoms with Crippen molar-refractivity contribution in [3.05, 3.63) is 16.7 Å². The predicted octanol–water partition coefficient (Wildman–Crippen LogP) is 1.56. The fourth-order valence-corrected chi connectivity index (χ4v) is 0.954. The first-order valence-electron chi connectivity index (χ1n) is 2.63. The molecule has 0 saturated heterocycles. The highest BCUT2D eigenvalue weighted by atomic mass is 79.9. The summed E-state index contributed by atoms with van der Waals surface area (Å²) >= 11 is 3.10. The lowest BCUT2D eigenvalue weighted by Crippen LogP contribution is -1.87. The molecule has 3 nitrogen and oxygen atoms in total. The molecule has 0 atom stereocenters. The number of methoxy groups -OCH3 is 1. The Bertz CT molecular complexity index is 239. The minimum Gasteiger partial charge on any atom is -0.507 e. The summed E-state index contributed by atoms with van der Waals surface area (Å²) in [5, 5.41) is 9.06. The summed E-state index contributed by atoms with van der Waals surface area (Å²) in [5.41, 5.74) is 0. The summed E-state index contributed by atoms with van der Waals surface area (Å²) in [6.07, 6.45) is 1.47. The molecule has 0 saturated carbocycles. The Balaban J connectivity index is 3.14. The van der Waals surface area contributed by atoms with Crippen molar-refractivity contribution in [2.24, 2.45) is 0 Å². The summed E-state index contributed by atoms with van der Waals surface area (Å²) in [6.45, 7) is 0. The van der Waals surface area contributed by atoms with Gasteiger partial charge >= 0.3 is 0 Å². The summed E-state index contributed by atoms with van der Waals surface area (Å²) in [6, 6.07) is 1.48. The number of aromatic hydroxyl groups is 1. The summed E-state index contributed by atoms with van der Waals surface area (Å²) in [7, 11) is 1.49. The minimum absolute atomic E-state index is 0.131. The number of ether oxygens (including phenoxy) is 1. The van der Waals surface area contributed by atoms with Crippen LogP contribution in [0.15, 0.2) is 16.7 Å². The Kier molecular flexibility index (Phi) is 2.11. The van der Waals surface area contributed by atoms with Gasteiger partial charge in [0.25, 0.3) is 0 Å². The van der Waals surface area contributed by atoms with Gasteiger partial charge in [0.05, 0.1) is 7.11 Å². The highest BCUT2D eigenvalue weighted by Gasteiger charge is 2.03. The van der Waals surface area contributed by atoms with Crippen LogP contribution in [0.25, 0.3) is 0 Å². The van der Waals surface area contributed by atoms with Gasteiger partial charge in [-0.3, -0.25) is 0 Å². The fourth-order valence-electron chi connectivity index (χ4n) is 0.557. The van der Waals surface area contributed by atoms with Crippen molar-refractivity contribution < 1.29 is 9.84 Å². The number of rotatable bonds is 1. The molecule has 1 aromatic heterocycles. The third kappa shape index (κ3) is 1.21. The van der Waals surface area contributed by atoms with Gasteiger partial charge in [0.1, 0.15) is 10.2 Å². The Morgan fingerprint density at radius 2 is 2.40 bits per heavy atom. The first-order chi connectivity index (χ1) is 4.75. The van der Waals surface area contributed by atoms with E-state index in [-0.39, 0.29) is 5.75 Å². The van der Waals surface area contributed by atoms with E-state index in [1.165, 1.54) is 19.4 Å². The number of aromatic nitrogens is 1. The van der Waals surface area contributed by atoms with Gasteiger partial charge < -0.3 is 9.84 Å². The topological polar surface area (TPSA) is 42.4 Å². The quantitative estimate of drug-likeness (QED) is 0.754. The predicted molar refractivity (Wildman–Crippen MR) is 40.2 cm³/mol.